The van der Waals surface area contributed by atoms with Crippen LogP contribution >= 0.6 is 0 Å². The zero-order chi connectivity index (χ0) is 15.0. The number of amides is 1. The molecule has 110 valence electrons. The van der Waals surface area contributed by atoms with Gasteiger partial charge in [0.1, 0.15) is 6.61 Å². The smallest absolute Gasteiger partial charge is 0.434 e. The summed E-state index contributed by atoms with van der Waals surface area (Å²) in [6.07, 6.45) is -1.05. The van der Waals surface area contributed by atoms with Crippen molar-refractivity contribution < 1.29 is 23.9 Å². The van der Waals surface area contributed by atoms with E-state index in [1.165, 1.54) is 6.92 Å². The van der Waals surface area contributed by atoms with Crippen LogP contribution in [-0.2, 0) is 19.1 Å². The fraction of sp³-hybridized carbons (Fsp3) is 0.769. The van der Waals surface area contributed by atoms with Crippen molar-refractivity contribution in [2.45, 2.75) is 53.2 Å². The van der Waals surface area contributed by atoms with E-state index in [0.29, 0.717) is 0 Å². The molecule has 1 amide bonds. The lowest BCUT2D eigenvalue weighted by atomic mass is 10.0. The van der Waals surface area contributed by atoms with Gasteiger partial charge < -0.3 is 14.8 Å². The highest BCUT2D eigenvalue weighted by atomic mass is 16.7. The minimum Gasteiger partial charge on any atom is -0.434 e. The van der Waals surface area contributed by atoms with Crippen LogP contribution in [0.1, 0.15) is 41.0 Å². The van der Waals surface area contributed by atoms with Gasteiger partial charge in [-0.25, -0.2) is 4.79 Å². The number of hydrogen-bond acceptors (Lipinski definition) is 5. The van der Waals surface area contributed by atoms with Gasteiger partial charge in [-0.15, -0.1) is 0 Å². The van der Waals surface area contributed by atoms with Crippen molar-refractivity contribution in [2.75, 3.05) is 6.61 Å². The Balaban J connectivity index is 3.99. The Morgan fingerprint density at radius 2 is 1.68 bits per heavy atom. The van der Waals surface area contributed by atoms with Crippen molar-refractivity contribution in [3.05, 3.63) is 0 Å². The molecule has 0 radical (unpaired) electrons. The molecule has 1 unspecified atom stereocenters. The molecule has 0 aromatic carbocycles. The first-order valence-electron chi connectivity index (χ1n) is 6.37. The lowest BCUT2D eigenvalue weighted by Gasteiger charge is -2.19. The molecule has 0 saturated heterocycles. The van der Waals surface area contributed by atoms with E-state index < -0.39 is 12.2 Å². The van der Waals surface area contributed by atoms with Crippen LogP contribution in [-0.4, -0.2) is 36.6 Å². The molecule has 0 bridgehead atoms. The molecule has 0 saturated carbocycles. The number of carbonyl (C=O) groups excluding carboxylic acids is 3. The quantitative estimate of drug-likeness (QED) is 0.713. The molecule has 0 aliphatic rings. The fourth-order valence-corrected chi connectivity index (χ4v) is 1.44. The van der Waals surface area contributed by atoms with E-state index in [-0.39, 0.29) is 36.7 Å². The standard InChI is InChI=1S/C13H23NO5/c1-8(2)12(10(5)15)14-11(16)6-7-18-13(17)19-9(3)4/h8-9,12H,6-7H2,1-5H3,(H,14,16). The molecule has 1 N–H and O–H groups in total. The van der Waals surface area contributed by atoms with E-state index in [0.717, 1.165) is 0 Å². The van der Waals surface area contributed by atoms with E-state index in [9.17, 15) is 14.4 Å². The predicted molar refractivity (Wildman–Crippen MR) is 69.6 cm³/mol. The van der Waals surface area contributed by atoms with Gasteiger partial charge in [0, 0.05) is 0 Å². The van der Waals surface area contributed by atoms with Gasteiger partial charge in [-0.05, 0) is 26.7 Å². The Labute approximate surface area is 113 Å². The minimum atomic E-state index is -0.797. The zero-order valence-electron chi connectivity index (χ0n) is 12.2. The van der Waals surface area contributed by atoms with Gasteiger partial charge in [0.25, 0.3) is 0 Å². The number of ketones is 1. The largest absolute Gasteiger partial charge is 0.508 e. The van der Waals surface area contributed by atoms with Gasteiger partial charge in [-0.2, -0.15) is 0 Å². The van der Waals surface area contributed by atoms with Crippen LogP contribution in [0.3, 0.4) is 0 Å². The van der Waals surface area contributed by atoms with E-state index in [4.69, 9.17) is 9.47 Å². The van der Waals surface area contributed by atoms with Crippen LogP contribution in [0.25, 0.3) is 0 Å². The molecule has 0 aromatic heterocycles. The third-order valence-corrected chi connectivity index (χ3v) is 2.30. The topological polar surface area (TPSA) is 81.7 Å². The summed E-state index contributed by atoms with van der Waals surface area (Å²) in [5, 5.41) is 2.61. The molecule has 0 aliphatic heterocycles. The zero-order valence-corrected chi connectivity index (χ0v) is 12.2. The maximum atomic E-state index is 11.6. The summed E-state index contributed by atoms with van der Waals surface area (Å²) in [7, 11) is 0. The molecular weight excluding hydrogens is 250 g/mol. The van der Waals surface area contributed by atoms with Gasteiger partial charge in [-0.3, -0.25) is 9.59 Å². The van der Waals surface area contributed by atoms with E-state index >= 15 is 0 Å². The van der Waals surface area contributed by atoms with Crippen LogP contribution in [0.2, 0.25) is 0 Å². The van der Waals surface area contributed by atoms with Gasteiger partial charge in [-0.1, -0.05) is 13.8 Å². The molecule has 0 rings (SSSR count). The maximum Gasteiger partial charge on any atom is 0.508 e. The molecule has 0 aromatic rings. The van der Waals surface area contributed by atoms with Crippen molar-refractivity contribution in [3.8, 4) is 0 Å². The number of Topliss-reactive ketones (excluding diaryl/α,β-unsaturated/α-hetero) is 1. The maximum absolute atomic E-state index is 11.6. The van der Waals surface area contributed by atoms with Crippen molar-refractivity contribution in [2.24, 2.45) is 5.92 Å². The third-order valence-electron chi connectivity index (χ3n) is 2.30. The van der Waals surface area contributed by atoms with Crippen molar-refractivity contribution >= 4 is 17.8 Å². The fourth-order valence-electron chi connectivity index (χ4n) is 1.44. The predicted octanol–water partition coefficient (Wildman–Crippen LogP) is 1.67. The highest BCUT2D eigenvalue weighted by molar-refractivity contribution is 5.87. The SMILES string of the molecule is CC(=O)C(NC(=O)CCOC(=O)OC(C)C)C(C)C. The number of carbonyl (C=O) groups is 3. The number of nitrogens with one attached hydrogen (secondary N) is 1. The second kappa shape index (κ2) is 8.50. The van der Waals surface area contributed by atoms with Gasteiger partial charge in [0.2, 0.25) is 5.91 Å². The van der Waals surface area contributed by atoms with Crippen LogP contribution < -0.4 is 5.32 Å². The second-order valence-corrected chi connectivity index (χ2v) is 4.91. The monoisotopic (exact) mass is 273 g/mol. The summed E-state index contributed by atoms with van der Waals surface area (Å²) in [4.78, 5) is 33.9. The molecule has 0 spiro atoms. The van der Waals surface area contributed by atoms with Gasteiger partial charge in [0.15, 0.2) is 5.78 Å². The number of hydrogen-bond donors (Lipinski definition) is 1. The Bertz CT molecular complexity index is 325. The lowest BCUT2D eigenvalue weighted by molar-refractivity contribution is -0.128. The number of ether oxygens (including phenoxy) is 2. The summed E-state index contributed by atoms with van der Waals surface area (Å²) in [5.41, 5.74) is 0. The molecule has 19 heavy (non-hydrogen) atoms. The van der Waals surface area contributed by atoms with Crippen molar-refractivity contribution in [3.63, 3.8) is 0 Å². The average Bonchev–Trinajstić information content (AvgIpc) is 2.23. The summed E-state index contributed by atoms with van der Waals surface area (Å²) in [5.74, 6) is -0.400. The first kappa shape index (κ1) is 17.4. The molecule has 0 aliphatic carbocycles. The van der Waals surface area contributed by atoms with E-state index in [2.05, 4.69) is 5.32 Å². The van der Waals surface area contributed by atoms with E-state index in [1.807, 2.05) is 13.8 Å². The first-order chi connectivity index (χ1) is 8.73. The Morgan fingerprint density at radius 1 is 1.11 bits per heavy atom. The van der Waals surface area contributed by atoms with Crippen LogP contribution in [0.5, 0.6) is 0 Å². The Morgan fingerprint density at radius 3 is 2.11 bits per heavy atom. The summed E-state index contributed by atoms with van der Waals surface area (Å²) >= 11 is 0. The van der Waals surface area contributed by atoms with E-state index in [1.54, 1.807) is 13.8 Å². The normalized spacial score (nSPS) is 12.2. The van der Waals surface area contributed by atoms with Crippen LogP contribution in [0.4, 0.5) is 4.79 Å². The van der Waals surface area contributed by atoms with Crippen molar-refractivity contribution in [1.29, 1.82) is 0 Å². The Kier molecular flexibility index (Phi) is 7.79. The van der Waals surface area contributed by atoms with Crippen LogP contribution in [0.15, 0.2) is 0 Å². The lowest BCUT2D eigenvalue weighted by Crippen LogP contribution is -2.43. The molecule has 0 heterocycles. The second-order valence-electron chi connectivity index (χ2n) is 4.91. The van der Waals surface area contributed by atoms with Gasteiger partial charge >= 0.3 is 6.16 Å². The molecular formula is C13H23NO5. The summed E-state index contributed by atoms with van der Waals surface area (Å²) in [6.45, 7) is 8.47. The van der Waals surface area contributed by atoms with Crippen LogP contribution in [0, 0.1) is 5.92 Å². The minimum absolute atomic E-state index is 0.00367. The summed E-state index contributed by atoms with van der Waals surface area (Å²) in [6, 6.07) is -0.505. The van der Waals surface area contributed by atoms with Gasteiger partial charge in [0.05, 0.1) is 18.6 Å². The highest BCUT2D eigenvalue weighted by Gasteiger charge is 2.20. The molecule has 6 nitrogen and oxygen atoms in total. The molecule has 6 heteroatoms. The molecule has 1 atom stereocenters. The number of rotatable bonds is 7. The first-order valence-corrected chi connectivity index (χ1v) is 6.37. The third kappa shape index (κ3) is 8.18. The highest BCUT2D eigenvalue weighted by Crippen LogP contribution is 2.03. The van der Waals surface area contributed by atoms with Crippen molar-refractivity contribution in [1.82, 2.24) is 5.32 Å². The average molecular weight is 273 g/mol. The Hall–Kier alpha value is -1.59. The molecule has 0 fully saturated rings. The summed E-state index contributed by atoms with van der Waals surface area (Å²) < 4.78 is 9.46.